The number of nitrogens with zero attached hydrogens (tertiary/aromatic N) is 4. The van der Waals surface area contributed by atoms with Gasteiger partial charge in [-0.15, -0.1) is 0 Å². The number of carbonyl (C=O) groups excluding carboxylic acids is 1. The molecule has 16 nitrogen and oxygen atoms in total. The molecule has 2 aromatic heterocycles. The van der Waals surface area contributed by atoms with Crippen LogP contribution in [0.5, 0.6) is 0 Å². The maximum absolute atomic E-state index is 12.0. The molecule has 0 spiro atoms. The summed E-state index contributed by atoms with van der Waals surface area (Å²) in [5, 5.41) is 34.6. The number of anilines is 1. The number of aliphatic hydroxyl groups excluding tert-OH is 3. The number of alkyl halides is 3. The number of halogens is 3. The van der Waals surface area contributed by atoms with E-state index in [1.807, 2.05) is 0 Å². The largest absolute Gasteiger partial charge is 0.471 e. The van der Waals surface area contributed by atoms with Crippen molar-refractivity contribution in [2.75, 3.05) is 91.1 Å². The van der Waals surface area contributed by atoms with Crippen molar-refractivity contribution >= 4 is 22.9 Å². The Hall–Kier alpha value is -2.75. The molecule has 0 radical (unpaired) electrons. The third-order valence-corrected chi connectivity index (χ3v) is 6.40. The topological polar surface area (TPSA) is 201 Å². The van der Waals surface area contributed by atoms with E-state index in [4.69, 9.17) is 28.4 Å². The molecule has 3 heterocycles. The first-order valence-electron chi connectivity index (χ1n) is 14.5. The van der Waals surface area contributed by atoms with Crippen molar-refractivity contribution in [3.8, 4) is 0 Å². The lowest BCUT2D eigenvalue weighted by Crippen LogP contribution is -2.37. The van der Waals surface area contributed by atoms with Crippen molar-refractivity contribution in [2.24, 2.45) is 0 Å². The zero-order valence-electron chi connectivity index (χ0n) is 24.7. The number of rotatable bonds is 23. The van der Waals surface area contributed by atoms with Crippen LogP contribution in [-0.4, -0.2) is 151 Å². The highest BCUT2D eigenvalue weighted by molar-refractivity contribution is 5.82. The molecule has 0 bridgehead atoms. The van der Waals surface area contributed by atoms with Gasteiger partial charge >= 0.3 is 12.1 Å². The number of ether oxygens (including phenoxy) is 6. The first-order valence-corrected chi connectivity index (χ1v) is 14.5. The van der Waals surface area contributed by atoms with Crippen LogP contribution in [0, 0.1) is 0 Å². The number of imidazole rings is 1. The number of amides is 1. The number of hydrogen-bond donors (Lipinski definition) is 5. The molecular formula is C26H41F3N6O10. The molecule has 1 saturated heterocycles. The number of aliphatic hydroxyl groups is 3. The summed E-state index contributed by atoms with van der Waals surface area (Å²) in [5.74, 6) is -1.46. The summed E-state index contributed by atoms with van der Waals surface area (Å²) < 4.78 is 70.1. The monoisotopic (exact) mass is 654 g/mol. The van der Waals surface area contributed by atoms with Crippen molar-refractivity contribution < 1.29 is 61.7 Å². The van der Waals surface area contributed by atoms with Gasteiger partial charge in [-0.1, -0.05) is 0 Å². The van der Waals surface area contributed by atoms with Crippen molar-refractivity contribution in [3.05, 3.63) is 12.7 Å². The van der Waals surface area contributed by atoms with Crippen LogP contribution in [0.3, 0.4) is 0 Å². The number of carbonyl (C=O) groups is 1. The first kappa shape index (κ1) is 36.7. The molecule has 19 heteroatoms. The molecule has 2 aromatic rings. The number of fused-ring (bicyclic) bond motifs is 1. The highest BCUT2D eigenvalue weighted by atomic mass is 19.4. The predicted molar refractivity (Wildman–Crippen MR) is 149 cm³/mol. The van der Waals surface area contributed by atoms with E-state index >= 15 is 0 Å². The highest BCUT2D eigenvalue weighted by Crippen LogP contribution is 2.32. The minimum Gasteiger partial charge on any atom is -0.394 e. The first-order chi connectivity index (χ1) is 21.7. The molecule has 0 aliphatic carbocycles. The van der Waals surface area contributed by atoms with Gasteiger partial charge in [0.15, 0.2) is 23.2 Å². The fourth-order valence-corrected chi connectivity index (χ4v) is 4.12. The molecule has 3 rings (SSSR count). The molecule has 256 valence electrons. The smallest absolute Gasteiger partial charge is 0.394 e. The third kappa shape index (κ3) is 12.2. The van der Waals surface area contributed by atoms with Crippen LogP contribution in [0.25, 0.3) is 11.2 Å². The number of aromatic nitrogens is 4. The Morgan fingerprint density at radius 2 is 1.40 bits per heavy atom. The summed E-state index contributed by atoms with van der Waals surface area (Å²) in [6, 6.07) is 0. The minimum absolute atomic E-state index is 0.116. The van der Waals surface area contributed by atoms with Gasteiger partial charge in [0.05, 0.1) is 65.8 Å². The number of nitrogens with one attached hydrogen (secondary N) is 2. The van der Waals surface area contributed by atoms with Gasteiger partial charge < -0.3 is 54.4 Å². The van der Waals surface area contributed by atoms with Gasteiger partial charge in [0.1, 0.15) is 24.6 Å². The second-order valence-corrected chi connectivity index (χ2v) is 9.72. The standard InChI is InChI=1S/C26H41F3N6O10/c27-26(28,29)25(39)31-4-2-6-41-8-10-43-12-14-44-13-11-42-9-7-40-5-1-3-30-22-19-23(33-16-32-22)35(17-34-19)24-21(38)20(37)18(15-36)45-24/h16-18,20-21,24,36-38H,1-15H2,(H,31,39)(H,30,32,33)/t18-,20?,21+,24-/m1/s1. The Bertz CT molecular complexity index is 1130. The van der Waals surface area contributed by atoms with Crippen molar-refractivity contribution in [2.45, 2.75) is 43.6 Å². The second-order valence-electron chi connectivity index (χ2n) is 9.72. The van der Waals surface area contributed by atoms with Crippen LogP contribution in [0.15, 0.2) is 12.7 Å². The zero-order valence-corrected chi connectivity index (χ0v) is 24.7. The second kappa shape index (κ2) is 19.7. The molecule has 1 aliphatic heterocycles. The van der Waals surface area contributed by atoms with Gasteiger partial charge in [0.2, 0.25) is 0 Å². The lowest BCUT2D eigenvalue weighted by atomic mass is 10.1. The molecule has 1 aliphatic rings. The predicted octanol–water partition coefficient (Wildman–Crippen LogP) is -0.609. The summed E-state index contributed by atoms with van der Waals surface area (Å²) in [7, 11) is 0. The molecule has 45 heavy (non-hydrogen) atoms. The normalized spacial score (nSPS) is 20.2. The maximum Gasteiger partial charge on any atom is 0.471 e. The fourth-order valence-electron chi connectivity index (χ4n) is 4.12. The van der Waals surface area contributed by atoms with E-state index in [1.54, 1.807) is 5.32 Å². The minimum atomic E-state index is -4.87. The quantitative estimate of drug-likeness (QED) is 0.0951. The lowest BCUT2D eigenvalue weighted by molar-refractivity contribution is -0.173. The Kier molecular flexibility index (Phi) is 16.1. The van der Waals surface area contributed by atoms with Gasteiger partial charge in [-0.25, -0.2) is 15.0 Å². The van der Waals surface area contributed by atoms with E-state index < -0.39 is 43.2 Å². The molecule has 1 fully saturated rings. The van der Waals surface area contributed by atoms with E-state index in [2.05, 4.69) is 20.3 Å². The van der Waals surface area contributed by atoms with Gasteiger partial charge in [0, 0.05) is 26.3 Å². The van der Waals surface area contributed by atoms with E-state index in [0.29, 0.717) is 82.8 Å². The maximum atomic E-state index is 12.0. The van der Waals surface area contributed by atoms with E-state index in [-0.39, 0.29) is 26.2 Å². The molecule has 5 N–H and O–H groups in total. The van der Waals surface area contributed by atoms with Crippen LogP contribution in [0.1, 0.15) is 19.1 Å². The molecule has 0 aromatic carbocycles. The van der Waals surface area contributed by atoms with Crippen LogP contribution >= 0.6 is 0 Å². The van der Waals surface area contributed by atoms with Crippen LogP contribution in [0.2, 0.25) is 0 Å². The summed E-state index contributed by atoms with van der Waals surface area (Å²) in [6.45, 7) is 3.67. The van der Waals surface area contributed by atoms with Gasteiger partial charge in [-0.2, -0.15) is 13.2 Å². The van der Waals surface area contributed by atoms with Crippen LogP contribution in [-0.2, 0) is 33.2 Å². The van der Waals surface area contributed by atoms with E-state index in [1.165, 1.54) is 17.2 Å². The number of hydrogen-bond acceptors (Lipinski definition) is 14. The van der Waals surface area contributed by atoms with Crippen LogP contribution in [0.4, 0.5) is 19.0 Å². The van der Waals surface area contributed by atoms with E-state index in [0.717, 1.165) is 0 Å². The van der Waals surface area contributed by atoms with E-state index in [9.17, 15) is 33.3 Å². The summed E-state index contributed by atoms with van der Waals surface area (Å²) in [5.41, 5.74) is 0.882. The summed E-state index contributed by atoms with van der Waals surface area (Å²) >= 11 is 0. The Labute approximate surface area is 257 Å². The fraction of sp³-hybridized carbons (Fsp3) is 0.769. The third-order valence-electron chi connectivity index (χ3n) is 6.40. The molecular weight excluding hydrogens is 613 g/mol. The summed E-state index contributed by atoms with van der Waals surface area (Å²) in [4.78, 5) is 23.4. The highest BCUT2D eigenvalue weighted by Gasteiger charge is 2.44. The SMILES string of the molecule is O=C(NCCCOCCOCCOCCOCCOCCCNc1ncnc2c1ncn2[C@@H]1O[C@H](CO)C(O)[C@@H]1O)C(F)(F)F. The Morgan fingerprint density at radius 3 is 1.93 bits per heavy atom. The van der Waals surface area contributed by atoms with Crippen molar-refractivity contribution in [1.29, 1.82) is 0 Å². The Balaban J connectivity index is 1.11. The van der Waals surface area contributed by atoms with Crippen LogP contribution < -0.4 is 10.6 Å². The lowest BCUT2D eigenvalue weighted by Gasteiger charge is -2.16. The molecule has 1 amide bonds. The van der Waals surface area contributed by atoms with Crippen molar-refractivity contribution in [3.63, 3.8) is 0 Å². The molecule has 1 unspecified atom stereocenters. The van der Waals surface area contributed by atoms with Gasteiger partial charge in [-0.05, 0) is 12.8 Å². The van der Waals surface area contributed by atoms with Crippen molar-refractivity contribution in [1.82, 2.24) is 24.8 Å². The Morgan fingerprint density at radius 1 is 0.844 bits per heavy atom. The average molecular weight is 655 g/mol. The van der Waals surface area contributed by atoms with Gasteiger partial charge in [-0.3, -0.25) is 9.36 Å². The zero-order chi connectivity index (χ0) is 32.5. The average Bonchev–Trinajstić information content (AvgIpc) is 3.57. The molecule has 4 atom stereocenters. The summed E-state index contributed by atoms with van der Waals surface area (Å²) in [6.07, 6.45) is -5.45. The molecule has 0 saturated carbocycles. The van der Waals surface area contributed by atoms with Gasteiger partial charge in [0.25, 0.3) is 0 Å².